The van der Waals surface area contributed by atoms with E-state index in [0.29, 0.717) is 5.92 Å². The van der Waals surface area contributed by atoms with Gasteiger partial charge in [0.05, 0.1) is 17.2 Å². The first-order chi connectivity index (χ1) is 25.1. The number of hydrogen-bond donors (Lipinski definition) is 2. The van der Waals surface area contributed by atoms with Crippen molar-refractivity contribution in [3.05, 3.63) is 197 Å². The molecule has 6 aromatic carbocycles. The van der Waals surface area contributed by atoms with E-state index in [2.05, 4.69) is 175 Å². The number of nitrogens with two attached hydrogens (primary N) is 1. The molecule has 51 heavy (non-hydrogen) atoms. The first kappa shape index (κ1) is 31.2. The standard InChI is InChI=1S/C47H40N4/c1-31(32-14-4-2-5-15-32)49-47(36-20-12-18-34(28-36)33-16-6-3-7-17-33)50-46(48)42-23-13-19-35-29-37-30-38(26-27-39(37)45(35)42)51-43-24-10-8-21-40(43)41-22-9-11-25-44(41)51/h2-16,18-28,30,33,46-47,50H,17,29,48H2,1H3. The number of fused-ring (bicyclic) bond motifs is 6. The van der Waals surface area contributed by atoms with Crippen molar-refractivity contribution < 1.29 is 0 Å². The summed E-state index contributed by atoms with van der Waals surface area (Å²) >= 11 is 0. The lowest BCUT2D eigenvalue weighted by molar-refractivity contribution is 0.466. The summed E-state index contributed by atoms with van der Waals surface area (Å²) in [6.07, 6.45) is 9.87. The number of aliphatic imine (C=N–C) groups is 1. The van der Waals surface area contributed by atoms with E-state index in [1.54, 1.807) is 0 Å². The second-order valence-corrected chi connectivity index (χ2v) is 13.7. The van der Waals surface area contributed by atoms with Crippen LogP contribution in [-0.2, 0) is 6.42 Å². The van der Waals surface area contributed by atoms with Gasteiger partial charge in [0.25, 0.3) is 0 Å². The predicted molar refractivity (Wildman–Crippen MR) is 213 cm³/mol. The number of aromatic nitrogens is 1. The summed E-state index contributed by atoms with van der Waals surface area (Å²) in [5.41, 5.74) is 21.5. The first-order valence-electron chi connectivity index (χ1n) is 17.9. The second-order valence-electron chi connectivity index (χ2n) is 13.7. The Bertz CT molecular complexity index is 2450. The van der Waals surface area contributed by atoms with Crippen molar-refractivity contribution in [3.8, 4) is 16.8 Å². The smallest absolute Gasteiger partial charge is 0.127 e. The molecule has 248 valence electrons. The molecule has 3 unspecified atom stereocenters. The van der Waals surface area contributed by atoms with Crippen molar-refractivity contribution in [3.63, 3.8) is 0 Å². The summed E-state index contributed by atoms with van der Waals surface area (Å²) in [5.74, 6) is 0.352. The summed E-state index contributed by atoms with van der Waals surface area (Å²) in [7, 11) is 0. The molecule has 3 N–H and O–H groups in total. The number of rotatable bonds is 8. The fourth-order valence-electron chi connectivity index (χ4n) is 8.07. The average Bonchev–Trinajstić information content (AvgIpc) is 3.74. The van der Waals surface area contributed by atoms with E-state index >= 15 is 0 Å². The molecule has 3 atom stereocenters. The van der Waals surface area contributed by atoms with Gasteiger partial charge in [0.15, 0.2) is 0 Å². The van der Waals surface area contributed by atoms with Gasteiger partial charge in [-0.1, -0.05) is 140 Å². The quantitative estimate of drug-likeness (QED) is 0.126. The molecule has 0 radical (unpaired) electrons. The third-order valence-corrected chi connectivity index (χ3v) is 10.6. The molecule has 1 heterocycles. The van der Waals surface area contributed by atoms with E-state index in [1.807, 2.05) is 6.07 Å². The molecule has 4 nitrogen and oxygen atoms in total. The van der Waals surface area contributed by atoms with Gasteiger partial charge in [0, 0.05) is 28.1 Å². The molecule has 4 heteroatoms. The Morgan fingerprint density at radius 2 is 1.49 bits per heavy atom. The van der Waals surface area contributed by atoms with Crippen molar-refractivity contribution in [1.29, 1.82) is 0 Å². The van der Waals surface area contributed by atoms with Gasteiger partial charge in [-0.05, 0) is 88.5 Å². The van der Waals surface area contributed by atoms with E-state index in [1.165, 1.54) is 55.3 Å². The summed E-state index contributed by atoms with van der Waals surface area (Å²) < 4.78 is 2.40. The topological polar surface area (TPSA) is 55.3 Å². The summed E-state index contributed by atoms with van der Waals surface area (Å²) in [6, 6.07) is 50.1. The molecule has 2 aliphatic rings. The monoisotopic (exact) mass is 660 g/mol. The minimum atomic E-state index is -0.443. The van der Waals surface area contributed by atoms with Crippen molar-refractivity contribution in [2.24, 2.45) is 10.7 Å². The van der Waals surface area contributed by atoms with Gasteiger partial charge in [-0.25, -0.2) is 0 Å². The Balaban J connectivity index is 1.08. The maximum absolute atomic E-state index is 7.19. The van der Waals surface area contributed by atoms with Gasteiger partial charge in [0.2, 0.25) is 0 Å². The van der Waals surface area contributed by atoms with Crippen LogP contribution in [0, 0.1) is 0 Å². The largest absolute Gasteiger partial charge is 0.312 e. The van der Waals surface area contributed by atoms with Crippen LogP contribution >= 0.6 is 0 Å². The molecule has 0 aliphatic heterocycles. The number of allylic oxidation sites excluding steroid dienone is 4. The Morgan fingerprint density at radius 3 is 2.25 bits per heavy atom. The molecule has 9 rings (SSSR count). The van der Waals surface area contributed by atoms with Crippen LogP contribution in [0.3, 0.4) is 0 Å². The van der Waals surface area contributed by atoms with Crippen molar-refractivity contribution in [2.75, 3.05) is 0 Å². The highest BCUT2D eigenvalue weighted by atomic mass is 15.1. The maximum Gasteiger partial charge on any atom is 0.127 e. The van der Waals surface area contributed by atoms with Crippen LogP contribution in [0.2, 0.25) is 0 Å². The zero-order valence-electron chi connectivity index (χ0n) is 28.7. The van der Waals surface area contributed by atoms with Gasteiger partial charge >= 0.3 is 0 Å². The van der Waals surface area contributed by atoms with Gasteiger partial charge < -0.3 is 10.3 Å². The third kappa shape index (κ3) is 5.73. The van der Waals surface area contributed by atoms with Crippen LogP contribution in [0.25, 0.3) is 38.6 Å². The van der Waals surface area contributed by atoms with Gasteiger partial charge in [-0.2, -0.15) is 0 Å². The SMILES string of the molecule is CC(=NC(NC(N)c1cccc2c1-c1ccc(-n3c4ccccc4c4ccccc43)cc1C2)c1cccc(C2C=CC=CC2)c1)c1ccccc1. The van der Waals surface area contributed by atoms with Crippen LogP contribution in [0.1, 0.15) is 65.0 Å². The van der Waals surface area contributed by atoms with Crippen LogP contribution in [-0.4, -0.2) is 10.3 Å². The fraction of sp³-hybridized carbons (Fsp3) is 0.128. The Hall–Kier alpha value is -5.81. The molecular formula is C47H40N4. The van der Waals surface area contributed by atoms with E-state index in [0.717, 1.165) is 35.2 Å². The number of nitrogens with one attached hydrogen (secondary N) is 1. The number of benzene rings is 6. The average molecular weight is 661 g/mol. The molecule has 2 aliphatic carbocycles. The first-order valence-corrected chi connectivity index (χ1v) is 17.9. The fourth-order valence-corrected chi connectivity index (χ4v) is 8.07. The summed E-state index contributed by atoms with van der Waals surface area (Å²) in [5, 5.41) is 6.31. The molecule has 0 saturated carbocycles. The van der Waals surface area contributed by atoms with E-state index < -0.39 is 6.17 Å². The van der Waals surface area contributed by atoms with Crippen molar-refractivity contribution in [1.82, 2.24) is 9.88 Å². The maximum atomic E-state index is 7.19. The Labute approximate surface area is 299 Å². The minimum absolute atomic E-state index is 0.335. The molecule has 0 amide bonds. The normalized spacial score (nSPS) is 16.4. The molecule has 1 aromatic heterocycles. The van der Waals surface area contributed by atoms with Gasteiger partial charge in [-0.15, -0.1) is 0 Å². The van der Waals surface area contributed by atoms with Gasteiger partial charge in [0.1, 0.15) is 6.17 Å². The summed E-state index contributed by atoms with van der Waals surface area (Å²) in [4.78, 5) is 5.29. The van der Waals surface area contributed by atoms with Crippen molar-refractivity contribution >= 4 is 27.5 Å². The molecule has 0 fully saturated rings. The predicted octanol–water partition coefficient (Wildman–Crippen LogP) is 10.7. The van der Waals surface area contributed by atoms with Crippen LogP contribution in [0.4, 0.5) is 0 Å². The molecular weight excluding hydrogens is 621 g/mol. The molecule has 0 bridgehead atoms. The Morgan fingerprint density at radius 1 is 0.745 bits per heavy atom. The summed E-state index contributed by atoms with van der Waals surface area (Å²) in [6.45, 7) is 2.08. The van der Waals surface area contributed by atoms with Crippen LogP contribution < -0.4 is 11.1 Å². The minimum Gasteiger partial charge on any atom is -0.312 e. The zero-order valence-corrected chi connectivity index (χ0v) is 28.7. The lowest BCUT2D eigenvalue weighted by Crippen LogP contribution is -2.32. The van der Waals surface area contributed by atoms with E-state index in [-0.39, 0.29) is 6.17 Å². The highest BCUT2D eigenvalue weighted by Gasteiger charge is 2.26. The van der Waals surface area contributed by atoms with Crippen LogP contribution in [0.5, 0.6) is 0 Å². The molecule has 7 aromatic rings. The number of nitrogens with zero attached hydrogens (tertiary/aromatic N) is 2. The number of para-hydroxylation sites is 2. The van der Waals surface area contributed by atoms with Crippen LogP contribution in [0.15, 0.2) is 169 Å². The highest BCUT2D eigenvalue weighted by molar-refractivity contribution is 6.09. The van der Waals surface area contributed by atoms with Crippen molar-refractivity contribution in [2.45, 2.75) is 38.0 Å². The van der Waals surface area contributed by atoms with E-state index in [4.69, 9.17) is 10.7 Å². The lowest BCUT2D eigenvalue weighted by atomic mass is 9.91. The molecule has 0 saturated heterocycles. The zero-order chi connectivity index (χ0) is 34.3. The lowest BCUT2D eigenvalue weighted by Gasteiger charge is -2.25. The molecule has 0 spiro atoms. The third-order valence-electron chi connectivity index (χ3n) is 10.6. The second kappa shape index (κ2) is 13.1. The Kier molecular flexibility index (Phi) is 8.04. The highest BCUT2D eigenvalue weighted by Crippen LogP contribution is 2.42. The van der Waals surface area contributed by atoms with E-state index in [9.17, 15) is 0 Å². The van der Waals surface area contributed by atoms with Gasteiger partial charge in [-0.3, -0.25) is 10.3 Å². The number of hydrogen-bond acceptors (Lipinski definition) is 3.